The van der Waals surface area contributed by atoms with E-state index in [1.54, 1.807) is 12.1 Å². The molecule has 0 spiro atoms. The molecule has 0 fully saturated rings. The number of nitrogens with zero attached hydrogens (tertiary/aromatic N) is 3. The summed E-state index contributed by atoms with van der Waals surface area (Å²) >= 11 is 1.46. The smallest absolute Gasteiger partial charge is 0.282 e. The van der Waals surface area contributed by atoms with Gasteiger partial charge in [-0.05, 0) is 36.4 Å². The van der Waals surface area contributed by atoms with E-state index in [0.717, 1.165) is 10.2 Å². The molecule has 3 aromatic carbocycles. The Morgan fingerprint density at radius 2 is 1.93 bits per heavy atom. The molecule has 0 saturated carbocycles. The number of hydrogen-bond donors (Lipinski definition) is 1. The van der Waals surface area contributed by atoms with Crippen LogP contribution >= 0.6 is 11.3 Å². The number of nitro groups is 1. The third kappa shape index (κ3) is 3.20. The lowest BCUT2D eigenvalue weighted by molar-refractivity contribution is -0.385. The Hall–Kier alpha value is -3.98. The van der Waals surface area contributed by atoms with E-state index in [1.165, 1.54) is 35.8 Å². The third-order valence-corrected chi connectivity index (χ3v) is 5.65. The van der Waals surface area contributed by atoms with Crippen molar-refractivity contribution in [2.75, 3.05) is 6.79 Å². The van der Waals surface area contributed by atoms with Crippen molar-refractivity contribution in [2.45, 2.75) is 0 Å². The number of rotatable bonds is 4. The Kier molecular flexibility index (Phi) is 4.29. The van der Waals surface area contributed by atoms with E-state index in [-0.39, 0.29) is 18.2 Å². The molecule has 0 saturated heterocycles. The Labute approximate surface area is 173 Å². The summed E-state index contributed by atoms with van der Waals surface area (Å²) in [5.41, 5.74) is 2.08. The first-order valence-corrected chi connectivity index (χ1v) is 9.71. The maximum atomic E-state index is 11.4. The number of hydrogen-bond acceptors (Lipinski definition) is 8. The van der Waals surface area contributed by atoms with E-state index < -0.39 is 4.92 Å². The van der Waals surface area contributed by atoms with Gasteiger partial charge < -0.3 is 14.6 Å². The zero-order valence-corrected chi connectivity index (χ0v) is 16.1. The van der Waals surface area contributed by atoms with Gasteiger partial charge in [-0.1, -0.05) is 12.1 Å². The number of phenols is 1. The molecule has 9 heteroatoms. The van der Waals surface area contributed by atoms with Gasteiger partial charge in [-0.3, -0.25) is 15.1 Å². The molecule has 0 bridgehead atoms. The van der Waals surface area contributed by atoms with Gasteiger partial charge in [0.1, 0.15) is 10.8 Å². The van der Waals surface area contributed by atoms with Crippen LogP contribution in [0.25, 0.3) is 20.8 Å². The Bertz CT molecular complexity index is 1300. The van der Waals surface area contributed by atoms with Crippen LogP contribution < -0.4 is 9.47 Å². The fraction of sp³-hybridized carbons (Fsp3) is 0.0476. The summed E-state index contributed by atoms with van der Waals surface area (Å²) in [5.74, 6) is 0.853. The molecule has 1 N–H and O–H groups in total. The molecular weight excluding hydrogens is 406 g/mol. The van der Waals surface area contributed by atoms with Gasteiger partial charge in [0.25, 0.3) is 5.69 Å². The molecule has 148 valence electrons. The fourth-order valence-corrected chi connectivity index (χ4v) is 4.11. The van der Waals surface area contributed by atoms with E-state index in [9.17, 15) is 15.2 Å². The Balaban J connectivity index is 1.52. The van der Waals surface area contributed by atoms with Crippen LogP contribution in [0.5, 0.6) is 17.2 Å². The summed E-state index contributed by atoms with van der Waals surface area (Å²) in [5, 5.41) is 22.4. The van der Waals surface area contributed by atoms with Crippen LogP contribution in [0.3, 0.4) is 0 Å². The number of phenolic OH excluding ortho intramolecular Hbond substituents is 1. The number of ether oxygens (including phenoxy) is 2. The second-order valence-electron chi connectivity index (χ2n) is 6.47. The fourth-order valence-electron chi connectivity index (χ4n) is 3.12. The molecule has 4 aromatic rings. The van der Waals surface area contributed by atoms with Crippen molar-refractivity contribution in [3.05, 3.63) is 70.3 Å². The van der Waals surface area contributed by atoms with Crippen molar-refractivity contribution < 1.29 is 19.5 Å². The molecule has 0 atom stereocenters. The van der Waals surface area contributed by atoms with Crippen molar-refractivity contribution in [3.8, 4) is 27.8 Å². The number of aromatic nitrogens is 1. The summed E-state index contributed by atoms with van der Waals surface area (Å²) in [6.45, 7) is 0.0244. The molecule has 0 aliphatic carbocycles. The zero-order chi connectivity index (χ0) is 20.7. The van der Waals surface area contributed by atoms with Crippen molar-refractivity contribution >= 4 is 39.1 Å². The number of fused-ring (bicyclic) bond motifs is 2. The predicted octanol–water partition coefficient (Wildman–Crippen LogP) is 5.06. The maximum Gasteiger partial charge on any atom is 0.282 e. The van der Waals surface area contributed by atoms with Gasteiger partial charge >= 0.3 is 0 Å². The first kappa shape index (κ1) is 18.1. The van der Waals surface area contributed by atoms with Crippen LogP contribution in [-0.2, 0) is 0 Å². The van der Waals surface area contributed by atoms with Crippen molar-refractivity contribution in [1.82, 2.24) is 4.98 Å². The van der Waals surface area contributed by atoms with Crippen LogP contribution in [-0.4, -0.2) is 28.0 Å². The van der Waals surface area contributed by atoms with Crippen molar-refractivity contribution in [1.29, 1.82) is 0 Å². The van der Waals surface area contributed by atoms with Crippen LogP contribution in [0, 0.1) is 10.1 Å². The van der Waals surface area contributed by atoms with Crippen LogP contribution in [0.15, 0.2) is 59.6 Å². The molecule has 5 rings (SSSR count). The van der Waals surface area contributed by atoms with Gasteiger partial charge in [0.15, 0.2) is 11.5 Å². The standard InChI is InChI=1S/C21H13N3O5S/c25-17-6-5-13(8-14(17)21-23-15-3-1-2-4-20(15)30-21)22-10-12-7-18-19(29-11-28-18)9-16(12)24(26)27/h1-10,25H,11H2. The van der Waals surface area contributed by atoms with Crippen LogP contribution in [0.1, 0.15) is 5.56 Å². The molecule has 1 aliphatic heterocycles. The van der Waals surface area contributed by atoms with Gasteiger partial charge in [-0.2, -0.15) is 0 Å². The van der Waals surface area contributed by atoms with E-state index in [2.05, 4.69) is 9.98 Å². The van der Waals surface area contributed by atoms with E-state index in [0.29, 0.717) is 33.3 Å². The van der Waals surface area contributed by atoms with E-state index in [1.807, 2.05) is 24.3 Å². The molecule has 0 radical (unpaired) electrons. The van der Waals surface area contributed by atoms with Gasteiger partial charge in [0.2, 0.25) is 6.79 Å². The number of para-hydroxylation sites is 1. The normalized spacial score (nSPS) is 12.7. The SMILES string of the molecule is O=[N+]([O-])c1cc2c(cc1C=Nc1ccc(O)c(-c3nc4ccccc4s3)c1)OCO2. The van der Waals surface area contributed by atoms with Crippen LogP contribution in [0.4, 0.5) is 11.4 Å². The summed E-state index contributed by atoms with van der Waals surface area (Å²) < 4.78 is 11.5. The molecule has 1 aliphatic rings. The first-order chi connectivity index (χ1) is 14.6. The zero-order valence-electron chi connectivity index (χ0n) is 15.3. The molecular formula is C21H13N3O5S. The average molecular weight is 419 g/mol. The largest absolute Gasteiger partial charge is 0.507 e. The Morgan fingerprint density at radius 1 is 1.13 bits per heavy atom. The van der Waals surface area contributed by atoms with Crippen molar-refractivity contribution in [3.63, 3.8) is 0 Å². The summed E-state index contributed by atoms with van der Waals surface area (Å²) in [4.78, 5) is 19.8. The first-order valence-electron chi connectivity index (χ1n) is 8.89. The average Bonchev–Trinajstić information content (AvgIpc) is 3.38. The number of aliphatic imine (C=N–C) groups is 1. The predicted molar refractivity (Wildman–Crippen MR) is 113 cm³/mol. The number of nitro benzene ring substituents is 1. The number of aromatic hydroxyl groups is 1. The van der Waals surface area contributed by atoms with Crippen molar-refractivity contribution in [2.24, 2.45) is 4.99 Å². The minimum absolute atomic E-state index is 0.0244. The number of thiazole rings is 1. The monoisotopic (exact) mass is 419 g/mol. The van der Waals surface area contributed by atoms with Gasteiger partial charge in [0, 0.05) is 6.21 Å². The second kappa shape index (κ2) is 7.12. The summed E-state index contributed by atoms with van der Waals surface area (Å²) in [7, 11) is 0. The van der Waals surface area contributed by atoms with Gasteiger partial charge in [-0.25, -0.2) is 4.98 Å². The highest BCUT2D eigenvalue weighted by Gasteiger charge is 2.22. The van der Waals surface area contributed by atoms with Gasteiger partial charge in [0.05, 0.1) is 38.0 Å². The lowest BCUT2D eigenvalue weighted by Crippen LogP contribution is -1.94. The highest BCUT2D eigenvalue weighted by atomic mass is 32.1. The maximum absolute atomic E-state index is 11.4. The van der Waals surface area contributed by atoms with E-state index >= 15 is 0 Å². The minimum atomic E-state index is -0.493. The number of benzene rings is 3. The second-order valence-corrected chi connectivity index (χ2v) is 7.50. The molecule has 0 amide bonds. The topological polar surface area (TPSA) is 107 Å². The lowest BCUT2D eigenvalue weighted by atomic mass is 10.1. The van der Waals surface area contributed by atoms with Crippen LogP contribution in [0.2, 0.25) is 0 Å². The Morgan fingerprint density at radius 3 is 2.73 bits per heavy atom. The summed E-state index contributed by atoms with van der Waals surface area (Å²) in [6, 6.07) is 15.4. The highest BCUT2D eigenvalue weighted by Crippen LogP contribution is 2.39. The minimum Gasteiger partial charge on any atom is -0.507 e. The lowest BCUT2D eigenvalue weighted by Gasteiger charge is -2.03. The highest BCUT2D eigenvalue weighted by molar-refractivity contribution is 7.21. The molecule has 2 heterocycles. The molecule has 0 unspecified atom stereocenters. The molecule has 30 heavy (non-hydrogen) atoms. The van der Waals surface area contributed by atoms with E-state index in [4.69, 9.17) is 9.47 Å². The molecule has 8 nitrogen and oxygen atoms in total. The third-order valence-electron chi connectivity index (χ3n) is 4.58. The summed E-state index contributed by atoms with van der Waals surface area (Å²) in [6.07, 6.45) is 1.40. The van der Waals surface area contributed by atoms with Gasteiger partial charge in [-0.15, -0.1) is 11.3 Å². The quantitative estimate of drug-likeness (QED) is 0.282. The molecule has 1 aromatic heterocycles.